The number of morpholine rings is 1. The number of nitrogens with one attached hydrogen (secondary N) is 1. The molecule has 1 saturated heterocycles. The minimum atomic E-state index is -0.0422. The van der Waals surface area contributed by atoms with Crippen LogP contribution in [0.4, 0.5) is 0 Å². The van der Waals surface area contributed by atoms with E-state index in [0.717, 1.165) is 12.1 Å². The zero-order valence-corrected chi connectivity index (χ0v) is 14.1. The van der Waals surface area contributed by atoms with Crippen molar-refractivity contribution in [2.24, 2.45) is 0 Å². The van der Waals surface area contributed by atoms with Crippen molar-refractivity contribution in [1.82, 2.24) is 10.2 Å². The Bertz CT molecular complexity index is 475. The lowest BCUT2D eigenvalue weighted by atomic mass is 9.98. The molecule has 1 amide bonds. The van der Waals surface area contributed by atoms with Crippen molar-refractivity contribution >= 4 is 5.91 Å². The zero-order valence-electron chi connectivity index (χ0n) is 14.1. The van der Waals surface area contributed by atoms with Gasteiger partial charge in [0.25, 0.3) is 0 Å². The molecule has 0 unspecified atom stereocenters. The molecule has 1 N–H and O–H groups in total. The summed E-state index contributed by atoms with van der Waals surface area (Å²) in [5, 5.41) is 3.31. The monoisotopic (exact) mass is 304 g/mol. The highest BCUT2D eigenvalue weighted by Gasteiger charge is 2.36. The highest BCUT2D eigenvalue weighted by molar-refractivity contribution is 5.77. The molecule has 0 saturated carbocycles. The van der Waals surface area contributed by atoms with Crippen molar-refractivity contribution in [3.63, 3.8) is 0 Å². The number of benzene rings is 1. The Balaban J connectivity index is 2.04. The first-order valence-corrected chi connectivity index (χ1v) is 8.21. The molecule has 22 heavy (non-hydrogen) atoms. The zero-order chi connectivity index (χ0) is 16.1. The second-order valence-electron chi connectivity index (χ2n) is 6.41. The van der Waals surface area contributed by atoms with E-state index in [2.05, 4.69) is 45.1 Å². The van der Waals surface area contributed by atoms with Crippen LogP contribution in [0.25, 0.3) is 0 Å². The fourth-order valence-corrected chi connectivity index (χ4v) is 3.10. The summed E-state index contributed by atoms with van der Waals surface area (Å²) in [4.78, 5) is 14.6. The van der Waals surface area contributed by atoms with Gasteiger partial charge in [0.1, 0.15) is 6.10 Å². The van der Waals surface area contributed by atoms with Crippen LogP contribution < -0.4 is 5.32 Å². The van der Waals surface area contributed by atoms with Crippen molar-refractivity contribution in [2.75, 3.05) is 13.2 Å². The molecule has 4 heteroatoms. The lowest BCUT2D eigenvalue weighted by Crippen LogP contribution is -2.54. The van der Waals surface area contributed by atoms with Gasteiger partial charge in [0, 0.05) is 19.0 Å². The number of hydrogen-bond acceptors (Lipinski definition) is 3. The van der Waals surface area contributed by atoms with Crippen LogP contribution in [0.1, 0.15) is 45.8 Å². The first kappa shape index (κ1) is 17.0. The van der Waals surface area contributed by atoms with Gasteiger partial charge in [-0.1, -0.05) is 44.2 Å². The lowest BCUT2D eigenvalue weighted by molar-refractivity contribution is -0.153. The van der Waals surface area contributed by atoms with Crippen LogP contribution in [0.2, 0.25) is 0 Å². The van der Waals surface area contributed by atoms with Gasteiger partial charge in [-0.2, -0.15) is 0 Å². The Morgan fingerprint density at radius 2 is 2.00 bits per heavy atom. The molecule has 3 atom stereocenters. The third kappa shape index (κ3) is 4.08. The van der Waals surface area contributed by atoms with E-state index in [-0.39, 0.29) is 24.1 Å². The third-order valence-electron chi connectivity index (χ3n) is 4.18. The largest absolute Gasteiger partial charge is 0.369 e. The van der Waals surface area contributed by atoms with Gasteiger partial charge in [0.2, 0.25) is 5.91 Å². The SMILES string of the molecule is CC(C)NCCC(=O)N1[C@H](C)CO[C@@H](c2ccccc2)[C@@H]1C. The maximum absolute atomic E-state index is 12.6. The average molecular weight is 304 g/mol. The van der Waals surface area contributed by atoms with Crippen LogP contribution in [-0.4, -0.2) is 42.1 Å². The third-order valence-corrected chi connectivity index (χ3v) is 4.18. The highest BCUT2D eigenvalue weighted by atomic mass is 16.5. The van der Waals surface area contributed by atoms with E-state index in [4.69, 9.17) is 4.74 Å². The summed E-state index contributed by atoms with van der Waals surface area (Å²) < 4.78 is 6.00. The Hall–Kier alpha value is -1.39. The maximum atomic E-state index is 12.6. The number of carbonyl (C=O) groups is 1. The highest BCUT2D eigenvalue weighted by Crippen LogP contribution is 2.31. The van der Waals surface area contributed by atoms with Crippen LogP contribution >= 0.6 is 0 Å². The molecule has 0 aromatic heterocycles. The molecular weight excluding hydrogens is 276 g/mol. The molecule has 0 radical (unpaired) electrons. The summed E-state index contributed by atoms with van der Waals surface area (Å²) in [7, 11) is 0. The molecule has 2 rings (SSSR count). The Labute approximate surface area is 133 Å². The summed E-state index contributed by atoms with van der Waals surface area (Å²) in [5.41, 5.74) is 1.14. The van der Waals surface area contributed by atoms with Crippen molar-refractivity contribution in [3.8, 4) is 0 Å². The number of nitrogens with zero attached hydrogens (tertiary/aromatic N) is 1. The molecule has 1 aromatic rings. The van der Waals surface area contributed by atoms with Crippen LogP contribution in [-0.2, 0) is 9.53 Å². The quantitative estimate of drug-likeness (QED) is 0.909. The minimum absolute atomic E-state index is 0.0422. The number of hydrogen-bond donors (Lipinski definition) is 1. The van der Waals surface area contributed by atoms with Crippen molar-refractivity contribution in [1.29, 1.82) is 0 Å². The molecule has 1 heterocycles. The van der Waals surface area contributed by atoms with Gasteiger partial charge in [0.05, 0.1) is 18.7 Å². The predicted molar refractivity (Wildman–Crippen MR) is 88.7 cm³/mol. The van der Waals surface area contributed by atoms with Gasteiger partial charge in [-0.25, -0.2) is 0 Å². The Morgan fingerprint density at radius 3 is 2.64 bits per heavy atom. The molecule has 122 valence electrons. The van der Waals surface area contributed by atoms with Crippen molar-refractivity contribution < 1.29 is 9.53 Å². The van der Waals surface area contributed by atoms with Gasteiger partial charge >= 0.3 is 0 Å². The fraction of sp³-hybridized carbons (Fsp3) is 0.611. The molecular formula is C18H28N2O2. The van der Waals surface area contributed by atoms with Gasteiger partial charge in [-0.05, 0) is 19.4 Å². The van der Waals surface area contributed by atoms with Crippen LogP contribution in [0.15, 0.2) is 30.3 Å². The van der Waals surface area contributed by atoms with E-state index in [9.17, 15) is 4.79 Å². The number of amides is 1. The topological polar surface area (TPSA) is 41.6 Å². The molecule has 0 spiro atoms. The second-order valence-corrected chi connectivity index (χ2v) is 6.41. The second kappa shape index (κ2) is 7.75. The summed E-state index contributed by atoms with van der Waals surface area (Å²) >= 11 is 0. The van der Waals surface area contributed by atoms with E-state index < -0.39 is 0 Å². The Kier molecular flexibility index (Phi) is 5.98. The Morgan fingerprint density at radius 1 is 1.32 bits per heavy atom. The molecule has 1 aliphatic heterocycles. The van der Waals surface area contributed by atoms with E-state index in [0.29, 0.717) is 19.1 Å². The number of ether oxygens (including phenoxy) is 1. The van der Waals surface area contributed by atoms with E-state index >= 15 is 0 Å². The summed E-state index contributed by atoms with van der Waals surface area (Å²) in [6.45, 7) is 9.65. The standard InChI is InChI=1S/C18H28N2O2/c1-13(2)19-11-10-17(21)20-14(3)12-22-18(15(20)4)16-8-6-5-7-9-16/h5-9,13-15,18-19H,10-12H2,1-4H3/t14-,15+,18-/m1/s1. The van der Waals surface area contributed by atoms with Crippen LogP contribution in [0.3, 0.4) is 0 Å². The average Bonchev–Trinajstić information content (AvgIpc) is 2.48. The normalized spacial score (nSPS) is 25.5. The fourth-order valence-electron chi connectivity index (χ4n) is 3.10. The van der Waals surface area contributed by atoms with E-state index in [1.807, 2.05) is 23.1 Å². The van der Waals surface area contributed by atoms with Crippen LogP contribution in [0.5, 0.6) is 0 Å². The predicted octanol–water partition coefficient (Wildman–Crippen LogP) is 2.75. The summed E-state index contributed by atoms with van der Waals surface area (Å²) in [6.07, 6.45) is 0.494. The van der Waals surface area contributed by atoms with Gasteiger partial charge in [-0.3, -0.25) is 4.79 Å². The summed E-state index contributed by atoms with van der Waals surface area (Å²) in [5.74, 6) is 0.206. The molecule has 1 aromatic carbocycles. The minimum Gasteiger partial charge on any atom is -0.369 e. The smallest absolute Gasteiger partial charge is 0.224 e. The summed E-state index contributed by atoms with van der Waals surface area (Å²) in [6, 6.07) is 10.8. The molecule has 1 aliphatic rings. The molecule has 4 nitrogen and oxygen atoms in total. The van der Waals surface area contributed by atoms with Gasteiger partial charge in [0.15, 0.2) is 0 Å². The van der Waals surface area contributed by atoms with E-state index in [1.54, 1.807) is 0 Å². The van der Waals surface area contributed by atoms with Gasteiger partial charge in [-0.15, -0.1) is 0 Å². The first-order valence-electron chi connectivity index (χ1n) is 8.21. The van der Waals surface area contributed by atoms with Crippen molar-refractivity contribution in [3.05, 3.63) is 35.9 Å². The van der Waals surface area contributed by atoms with Gasteiger partial charge < -0.3 is 15.0 Å². The van der Waals surface area contributed by atoms with E-state index in [1.165, 1.54) is 0 Å². The lowest BCUT2D eigenvalue weighted by Gasteiger charge is -2.44. The van der Waals surface area contributed by atoms with Crippen LogP contribution in [0, 0.1) is 0 Å². The number of rotatable bonds is 5. The molecule has 1 fully saturated rings. The molecule has 0 aliphatic carbocycles. The number of carbonyl (C=O) groups excluding carboxylic acids is 1. The first-order chi connectivity index (χ1) is 10.5. The molecule has 0 bridgehead atoms. The maximum Gasteiger partial charge on any atom is 0.224 e. The van der Waals surface area contributed by atoms with Crippen molar-refractivity contribution in [2.45, 2.75) is 58.3 Å².